The fourth-order valence-corrected chi connectivity index (χ4v) is 2.58. The van der Waals surface area contributed by atoms with E-state index in [9.17, 15) is 4.79 Å². The first-order chi connectivity index (χ1) is 7.22. The topological polar surface area (TPSA) is 55.6 Å². The number of halogens is 1. The van der Waals surface area contributed by atoms with Crippen molar-refractivity contribution < 1.29 is 9.53 Å². The summed E-state index contributed by atoms with van der Waals surface area (Å²) in [5.41, 5.74) is 5.65. The summed E-state index contributed by atoms with van der Waals surface area (Å²) in [6.07, 6.45) is 1.94. The number of carbonyl (C=O) groups excluding carboxylic acids is 1. The molecule has 2 saturated heterocycles. The highest BCUT2D eigenvalue weighted by Gasteiger charge is 2.36. The van der Waals surface area contributed by atoms with Crippen molar-refractivity contribution >= 4 is 18.3 Å². The summed E-state index contributed by atoms with van der Waals surface area (Å²) in [5, 5.41) is 0. The van der Waals surface area contributed by atoms with Crippen molar-refractivity contribution in [3.8, 4) is 0 Å². The van der Waals surface area contributed by atoms with Gasteiger partial charge in [-0.05, 0) is 32.2 Å². The maximum atomic E-state index is 12.1. The Morgan fingerprint density at radius 2 is 2.31 bits per heavy atom. The molecule has 2 fully saturated rings. The zero-order valence-corrected chi connectivity index (χ0v) is 10.5. The SMILES string of the molecule is CC1CC(CN)CN1C(=O)C1CCOC1.Cl. The van der Waals surface area contributed by atoms with Crippen molar-refractivity contribution in [3.63, 3.8) is 0 Å². The summed E-state index contributed by atoms with van der Waals surface area (Å²) in [7, 11) is 0. The van der Waals surface area contributed by atoms with Crippen molar-refractivity contribution in [2.24, 2.45) is 17.6 Å². The summed E-state index contributed by atoms with van der Waals surface area (Å²) in [4.78, 5) is 14.1. The minimum Gasteiger partial charge on any atom is -0.381 e. The smallest absolute Gasteiger partial charge is 0.228 e. The standard InChI is InChI=1S/C11H20N2O2.ClH/c1-8-4-9(5-12)6-13(8)11(14)10-2-3-15-7-10;/h8-10H,2-7,12H2,1H3;1H. The molecule has 0 radical (unpaired) electrons. The maximum Gasteiger partial charge on any atom is 0.228 e. The highest BCUT2D eigenvalue weighted by Crippen LogP contribution is 2.26. The van der Waals surface area contributed by atoms with E-state index in [0.717, 1.165) is 26.0 Å². The number of amides is 1. The van der Waals surface area contributed by atoms with Gasteiger partial charge in [0.15, 0.2) is 0 Å². The van der Waals surface area contributed by atoms with E-state index in [4.69, 9.17) is 10.5 Å². The molecule has 0 spiro atoms. The molecule has 0 aliphatic carbocycles. The van der Waals surface area contributed by atoms with Crippen LogP contribution in [-0.4, -0.2) is 43.2 Å². The number of nitrogens with zero attached hydrogens (tertiary/aromatic N) is 1. The normalized spacial score (nSPS) is 33.9. The quantitative estimate of drug-likeness (QED) is 0.780. The largest absolute Gasteiger partial charge is 0.381 e. The molecule has 4 nitrogen and oxygen atoms in total. The van der Waals surface area contributed by atoms with E-state index in [-0.39, 0.29) is 24.2 Å². The van der Waals surface area contributed by atoms with Crippen LogP contribution in [0, 0.1) is 11.8 Å². The molecule has 2 N–H and O–H groups in total. The Bertz CT molecular complexity index is 244. The van der Waals surface area contributed by atoms with Gasteiger partial charge in [-0.15, -0.1) is 12.4 Å². The summed E-state index contributed by atoms with van der Waals surface area (Å²) in [6.45, 7) is 4.99. The molecule has 2 rings (SSSR count). The zero-order valence-electron chi connectivity index (χ0n) is 9.72. The number of rotatable bonds is 2. The van der Waals surface area contributed by atoms with E-state index in [2.05, 4.69) is 6.92 Å². The lowest BCUT2D eigenvalue weighted by Gasteiger charge is -2.24. The van der Waals surface area contributed by atoms with Crippen LogP contribution in [0.3, 0.4) is 0 Å². The van der Waals surface area contributed by atoms with Crippen LogP contribution in [0.2, 0.25) is 0 Å². The second-order valence-corrected chi connectivity index (χ2v) is 4.74. The predicted molar refractivity (Wildman–Crippen MR) is 64.5 cm³/mol. The molecule has 0 aromatic rings. The lowest BCUT2D eigenvalue weighted by Crippen LogP contribution is -2.39. The molecular weight excluding hydrogens is 228 g/mol. The van der Waals surface area contributed by atoms with Crippen LogP contribution in [0.1, 0.15) is 19.8 Å². The fourth-order valence-electron chi connectivity index (χ4n) is 2.58. The molecule has 0 bridgehead atoms. The Labute approximate surface area is 103 Å². The number of ether oxygens (including phenoxy) is 1. The highest BCUT2D eigenvalue weighted by atomic mass is 35.5. The van der Waals surface area contributed by atoms with Gasteiger partial charge in [-0.1, -0.05) is 0 Å². The number of nitrogens with two attached hydrogens (primary N) is 1. The van der Waals surface area contributed by atoms with E-state index in [1.54, 1.807) is 0 Å². The second kappa shape index (κ2) is 5.84. The molecule has 16 heavy (non-hydrogen) atoms. The molecule has 3 atom stereocenters. The Morgan fingerprint density at radius 1 is 1.56 bits per heavy atom. The average Bonchev–Trinajstić information content (AvgIpc) is 2.85. The average molecular weight is 249 g/mol. The van der Waals surface area contributed by atoms with Gasteiger partial charge in [0.1, 0.15) is 0 Å². The third-order valence-electron chi connectivity index (χ3n) is 3.56. The summed E-state index contributed by atoms with van der Waals surface area (Å²) < 4.78 is 5.25. The molecule has 0 aromatic heterocycles. The van der Waals surface area contributed by atoms with E-state index in [1.165, 1.54) is 0 Å². The number of hydrogen-bond donors (Lipinski definition) is 1. The lowest BCUT2D eigenvalue weighted by molar-refractivity contribution is -0.136. The minimum atomic E-state index is 0. The number of hydrogen-bond acceptors (Lipinski definition) is 3. The molecule has 94 valence electrons. The first-order valence-corrected chi connectivity index (χ1v) is 5.80. The lowest BCUT2D eigenvalue weighted by atomic mass is 10.1. The van der Waals surface area contributed by atoms with Crippen LogP contribution in [0.4, 0.5) is 0 Å². The van der Waals surface area contributed by atoms with Gasteiger partial charge in [0.25, 0.3) is 0 Å². The molecule has 2 aliphatic heterocycles. The van der Waals surface area contributed by atoms with Gasteiger partial charge in [0, 0.05) is 19.2 Å². The molecule has 2 aliphatic rings. The van der Waals surface area contributed by atoms with Crippen LogP contribution in [0.25, 0.3) is 0 Å². The number of carbonyl (C=O) groups is 1. The van der Waals surface area contributed by atoms with Crippen molar-refractivity contribution in [2.45, 2.75) is 25.8 Å². The molecule has 3 unspecified atom stereocenters. The highest BCUT2D eigenvalue weighted by molar-refractivity contribution is 5.85. The van der Waals surface area contributed by atoms with Crippen LogP contribution in [-0.2, 0) is 9.53 Å². The van der Waals surface area contributed by atoms with Crippen LogP contribution < -0.4 is 5.73 Å². The van der Waals surface area contributed by atoms with Crippen LogP contribution in [0.15, 0.2) is 0 Å². The van der Waals surface area contributed by atoms with Crippen LogP contribution in [0.5, 0.6) is 0 Å². The van der Waals surface area contributed by atoms with Gasteiger partial charge in [0.05, 0.1) is 12.5 Å². The second-order valence-electron chi connectivity index (χ2n) is 4.74. The van der Waals surface area contributed by atoms with Gasteiger partial charge in [0.2, 0.25) is 5.91 Å². The predicted octanol–water partition coefficient (Wildman–Crippen LogP) is 0.640. The summed E-state index contributed by atoms with van der Waals surface area (Å²) in [5.74, 6) is 0.867. The molecule has 0 aromatic carbocycles. The molecule has 2 heterocycles. The molecule has 0 saturated carbocycles. The van der Waals surface area contributed by atoms with Gasteiger partial charge in [-0.25, -0.2) is 0 Å². The zero-order chi connectivity index (χ0) is 10.8. The van der Waals surface area contributed by atoms with Crippen LogP contribution >= 0.6 is 12.4 Å². The maximum absolute atomic E-state index is 12.1. The van der Waals surface area contributed by atoms with Gasteiger partial charge in [-0.3, -0.25) is 4.79 Å². The fraction of sp³-hybridized carbons (Fsp3) is 0.909. The van der Waals surface area contributed by atoms with E-state index in [0.29, 0.717) is 25.1 Å². The van der Waals surface area contributed by atoms with Gasteiger partial charge in [-0.2, -0.15) is 0 Å². The van der Waals surface area contributed by atoms with Gasteiger partial charge >= 0.3 is 0 Å². The van der Waals surface area contributed by atoms with Crippen molar-refractivity contribution in [2.75, 3.05) is 26.3 Å². The molecular formula is C11H21ClN2O2. The summed E-state index contributed by atoms with van der Waals surface area (Å²) in [6, 6.07) is 0.353. The third-order valence-corrected chi connectivity index (χ3v) is 3.56. The molecule has 5 heteroatoms. The Morgan fingerprint density at radius 3 is 2.81 bits per heavy atom. The molecule has 1 amide bonds. The third kappa shape index (κ3) is 2.67. The van der Waals surface area contributed by atoms with Crippen molar-refractivity contribution in [1.29, 1.82) is 0 Å². The van der Waals surface area contributed by atoms with Crippen molar-refractivity contribution in [1.82, 2.24) is 4.90 Å². The Kier molecular flexibility index (Phi) is 5.02. The van der Waals surface area contributed by atoms with E-state index < -0.39 is 0 Å². The van der Waals surface area contributed by atoms with E-state index in [1.807, 2.05) is 4.90 Å². The van der Waals surface area contributed by atoms with Crippen molar-refractivity contribution in [3.05, 3.63) is 0 Å². The monoisotopic (exact) mass is 248 g/mol. The first kappa shape index (κ1) is 13.7. The Hall–Kier alpha value is -0.320. The Balaban J connectivity index is 0.00000128. The van der Waals surface area contributed by atoms with E-state index >= 15 is 0 Å². The number of likely N-dealkylation sites (tertiary alicyclic amines) is 1. The van der Waals surface area contributed by atoms with Gasteiger partial charge < -0.3 is 15.4 Å². The summed E-state index contributed by atoms with van der Waals surface area (Å²) >= 11 is 0. The minimum absolute atomic E-state index is 0. The first-order valence-electron chi connectivity index (χ1n) is 5.80.